The highest BCUT2D eigenvalue weighted by Crippen LogP contribution is 2.31. The summed E-state index contributed by atoms with van der Waals surface area (Å²) in [6.45, 7) is 3.35. The number of nitrogens with zero attached hydrogens (tertiary/aromatic N) is 2. The third kappa shape index (κ3) is 3.97. The van der Waals surface area contributed by atoms with E-state index in [4.69, 9.17) is 0 Å². The van der Waals surface area contributed by atoms with E-state index in [1.54, 1.807) is 15.7 Å². The molecule has 0 aromatic carbocycles. The van der Waals surface area contributed by atoms with Crippen molar-refractivity contribution in [1.82, 2.24) is 8.61 Å². The molecule has 124 valence electrons. The Kier molecular flexibility index (Phi) is 6.05. The van der Waals surface area contributed by atoms with Crippen LogP contribution in [0.1, 0.15) is 51.9 Å². The summed E-state index contributed by atoms with van der Waals surface area (Å²) in [4.78, 5) is 0. The van der Waals surface area contributed by atoms with E-state index in [9.17, 15) is 13.5 Å². The van der Waals surface area contributed by atoms with E-state index in [1.165, 1.54) is 6.42 Å². The van der Waals surface area contributed by atoms with Crippen LogP contribution in [0.2, 0.25) is 0 Å². The molecule has 2 rings (SSSR count). The van der Waals surface area contributed by atoms with Gasteiger partial charge in [0.15, 0.2) is 0 Å². The van der Waals surface area contributed by atoms with Crippen molar-refractivity contribution in [2.75, 3.05) is 26.7 Å². The minimum Gasteiger partial charge on any atom is -0.396 e. The Balaban J connectivity index is 1.98. The maximum atomic E-state index is 12.8. The molecule has 1 heterocycles. The second-order valence-corrected chi connectivity index (χ2v) is 8.64. The van der Waals surface area contributed by atoms with Crippen molar-refractivity contribution in [1.29, 1.82) is 0 Å². The summed E-state index contributed by atoms with van der Waals surface area (Å²) in [5, 5.41) is 9.28. The monoisotopic (exact) mass is 318 g/mol. The molecule has 1 atom stereocenters. The van der Waals surface area contributed by atoms with Crippen LogP contribution >= 0.6 is 0 Å². The smallest absolute Gasteiger partial charge is 0.281 e. The fourth-order valence-electron chi connectivity index (χ4n) is 3.67. The summed E-state index contributed by atoms with van der Waals surface area (Å²) in [6.07, 6.45) is 7.21. The first-order valence-electron chi connectivity index (χ1n) is 8.33. The van der Waals surface area contributed by atoms with Crippen molar-refractivity contribution in [3.05, 3.63) is 0 Å². The first-order chi connectivity index (χ1) is 9.98. The molecule has 5 nitrogen and oxygen atoms in total. The van der Waals surface area contributed by atoms with Crippen LogP contribution < -0.4 is 0 Å². The molecule has 1 aliphatic heterocycles. The summed E-state index contributed by atoms with van der Waals surface area (Å²) in [7, 11) is -1.64. The van der Waals surface area contributed by atoms with E-state index in [-0.39, 0.29) is 18.6 Å². The second-order valence-electron chi connectivity index (χ2n) is 6.66. The van der Waals surface area contributed by atoms with E-state index in [2.05, 4.69) is 6.92 Å². The first kappa shape index (κ1) is 17.2. The summed E-state index contributed by atoms with van der Waals surface area (Å²) in [6, 6.07) is 0.146. The molecule has 0 bridgehead atoms. The molecule has 0 radical (unpaired) electrons. The fourth-order valence-corrected chi connectivity index (χ4v) is 5.38. The molecule has 0 amide bonds. The van der Waals surface area contributed by atoms with Gasteiger partial charge >= 0.3 is 0 Å². The lowest BCUT2D eigenvalue weighted by Gasteiger charge is -2.38. The van der Waals surface area contributed by atoms with E-state index < -0.39 is 10.2 Å². The van der Waals surface area contributed by atoms with E-state index >= 15 is 0 Å². The SMILES string of the molecule is CCC1CCC(N(C)S(=O)(=O)N2CCCC(CO)C2)CC1. The van der Waals surface area contributed by atoms with Gasteiger partial charge in [-0.25, -0.2) is 0 Å². The predicted octanol–water partition coefficient (Wildman–Crippen LogP) is 1.84. The van der Waals surface area contributed by atoms with Gasteiger partial charge in [0.05, 0.1) is 0 Å². The van der Waals surface area contributed by atoms with Gasteiger partial charge in [-0.2, -0.15) is 17.0 Å². The van der Waals surface area contributed by atoms with Gasteiger partial charge in [-0.05, 0) is 50.4 Å². The van der Waals surface area contributed by atoms with Crippen LogP contribution in [0, 0.1) is 11.8 Å². The molecular formula is C15H30N2O3S. The molecule has 0 aromatic heterocycles. The van der Waals surface area contributed by atoms with Gasteiger partial charge in [-0.15, -0.1) is 0 Å². The third-order valence-electron chi connectivity index (χ3n) is 5.34. The van der Waals surface area contributed by atoms with Crippen LogP contribution in [-0.2, 0) is 10.2 Å². The molecule has 2 fully saturated rings. The molecule has 1 aliphatic carbocycles. The topological polar surface area (TPSA) is 60.9 Å². The molecular weight excluding hydrogens is 288 g/mol. The van der Waals surface area contributed by atoms with Crippen LogP contribution in [0.3, 0.4) is 0 Å². The summed E-state index contributed by atoms with van der Waals surface area (Å²) >= 11 is 0. The van der Waals surface area contributed by atoms with Crippen LogP contribution in [0.4, 0.5) is 0 Å². The lowest BCUT2D eigenvalue weighted by Crippen LogP contribution is -2.50. The Morgan fingerprint density at radius 1 is 1.14 bits per heavy atom. The summed E-state index contributed by atoms with van der Waals surface area (Å²) in [5.74, 6) is 0.865. The standard InChI is InChI=1S/C15H30N2O3S/c1-3-13-6-8-15(9-7-13)16(2)21(19,20)17-10-4-5-14(11-17)12-18/h13-15,18H,3-12H2,1-2H3. The predicted molar refractivity (Wildman–Crippen MR) is 84.1 cm³/mol. The molecule has 2 aliphatic rings. The Labute approximate surface area is 129 Å². The zero-order chi connectivity index (χ0) is 15.5. The van der Waals surface area contributed by atoms with E-state index in [0.29, 0.717) is 13.1 Å². The molecule has 6 heteroatoms. The first-order valence-corrected chi connectivity index (χ1v) is 9.72. The lowest BCUT2D eigenvalue weighted by atomic mass is 9.85. The molecule has 1 unspecified atom stereocenters. The van der Waals surface area contributed by atoms with Gasteiger partial charge in [-0.3, -0.25) is 0 Å². The van der Waals surface area contributed by atoms with Gasteiger partial charge in [0, 0.05) is 32.8 Å². The molecule has 21 heavy (non-hydrogen) atoms. The van der Waals surface area contributed by atoms with Crippen molar-refractivity contribution in [3.8, 4) is 0 Å². The van der Waals surface area contributed by atoms with E-state index in [0.717, 1.165) is 44.4 Å². The van der Waals surface area contributed by atoms with Crippen LogP contribution in [0.25, 0.3) is 0 Å². The Morgan fingerprint density at radius 3 is 2.38 bits per heavy atom. The highest BCUT2D eigenvalue weighted by Gasteiger charge is 2.36. The molecule has 1 N–H and O–H groups in total. The normalized spacial score (nSPS) is 32.5. The van der Waals surface area contributed by atoms with Crippen LogP contribution in [0.5, 0.6) is 0 Å². The van der Waals surface area contributed by atoms with Crippen LogP contribution in [0.15, 0.2) is 0 Å². The largest absolute Gasteiger partial charge is 0.396 e. The molecule has 0 spiro atoms. The third-order valence-corrected chi connectivity index (χ3v) is 7.35. The summed E-state index contributed by atoms with van der Waals surface area (Å²) in [5.41, 5.74) is 0. The van der Waals surface area contributed by atoms with Crippen molar-refractivity contribution >= 4 is 10.2 Å². The minimum absolute atomic E-state index is 0.0807. The van der Waals surface area contributed by atoms with Gasteiger partial charge in [0.2, 0.25) is 0 Å². The van der Waals surface area contributed by atoms with Gasteiger partial charge in [0.25, 0.3) is 10.2 Å². The Hall–Kier alpha value is -0.170. The van der Waals surface area contributed by atoms with Gasteiger partial charge in [-0.1, -0.05) is 13.3 Å². The average Bonchev–Trinajstić information content (AvgIpc) is 2.54. The zero-order valence-electron chi connectivity index (χ0n) is 13.4. The van der Waals surface area contributed by atoms with Crippen molar-refractivity contribution in [2.45, 2.75) is 57.9 Å². The Bertz CT molecular complexity index is 419. The average molecular weight is 318 g/mol. The molecule has 1 saturated carbocycles. The highest BCUT2D eigenvalue weighted by atomic mass is 32.2. The number of rotatable bonds is 5. The lowest BCUT2D eigenvalue weighted by molar-refractivity contribution is 0.156. The Morgan fingerprint density at radius 2 is 1.81 bits per heavy atom. The maximum Gasteiger partial charge on any atom is 0.281 e. The summed E-state index contributed by atoms with van der Waals surface area (Å²) < 4.78 is 28.7. The number of aliphatic hydroxyl groups excluding tert-OH is 1. The highest BCUT2D eigenvalue weighted by molar-refractivity contribution is 7.86. The number of aliphatic hydroxyl groups is 1. The van der Waals surface area contributed by atoms with Crippen LogP contribution in [-0.4, -0.2) is 54.9 Å². The molecule has 1 saturated heterocycles. The van der Waals surface area contributed by atoms with E-state index in [1.807, 2.05) is 0 Å². The van der Waals surface area contributed by atoms with Crippen molar-refractivity contribution in [3.63, 3.8) is 0 Å². The molecule has 0 aromatic rings. The quantitative estimate of drug-likeness (QED) is 0.841. The zero-order valence-corrected chi connectivity index (χ0v) is 14.2. The fraction of sp³-hybridized carbons (Fsp3) is 1.00. The number of hydrogen-bond donors (Lipinski definition) is 1. The van der Waals surface area contributed by atoms with Gasteiger partial charge < -0.3 is 5.11 Å². The van der Waals surface area contributed by atoms with Crippen molar-refractivity contribution < 1.29 is 13.5 Å². The maximum absolute atomic E-state index is 12.8. The van der Waals surface area contributed by atoms with Gasteiger partial charge in [0.1, 0.15) is 0 Å². The number of piperidine rings is 1. The second kappa shape index (κ2) is 7.40. The number of hydrogen-bond acceptors (Lipinski definition) is 3. The minimum atomic E-state index is -3.37. The van der Waals surface area contributed by atoms with Crippen molar-refractivity contribution in [2.24, 2.45) is 11.8 Å².